The van der Waals surface area contributed by atoms with Gasteiger partial charge in [0.25, 0.3) is 0 Å². The molecule has 104 valence electrons. The Bertz CT molecular complexity index is 606. The van der Waals surface area contributed by atoms with E-state index in [0.29, 0.717) is 5.56 Å². The topological polar surface area (TPSA) is 26.0 Å². The molecule has 0 saturated heterocycles. The zero-order chi connectivity index (χ0) is 14.2. The van der Waals surface area contributed by atoms with E-state index in [4.69, 9.17) is 5.73 Å². The molecule has 3 rings (SSSR count). The minimum atomic E-state index is -0.833. The Labute approximate surface area is 117 Å². The van der Waals surface area contributed by atoms with Gasteiger partial charge in [0.05, 0.1) is 0 Å². The van der Waals surface area contributed by atoms with Crippen LogP contribution in [0.5, 0.6) is 0 Å². The maximum absolute atomic E-state index is 13.4. The molecule has 0 radical (unpaired) electrons. The molecule has 20 heavy (non-hydrogen) atoms. The molecule has 0 bridgehead atoms. The Hall–Kier alpha value is -1.74. The standard InChI is InChI=1S/C17H17F2N/c18-14-8-7-12(11-15(14)19)16(20)17(9-4-10-17)13-5-2-1-3-6-13/h1-3,5-8,11,16H,4,9-10,20H2. The van der Waals surface area contributed by atoms with E-state index < -0.39 is 11.6 Å². The number of hydrogen-bond donors (Lipinski definition) is 1. The van der Waals surface area contributed by atoms with Gasteiger partial charge >= 0.3 is 0 Å². The van der Waals surface area contributed by atoms with Gasteiger partial charge in [0.1, 0.15) is 0 Å². The monoisotopic (exact) mass is 273 g/mol. The number of halogens is 2. The molecule has 2 aromatic rings. The van der Waals surface area contributed by atoms with Crippen LogP contribution in [0.2, 0.25) is 0 Å². The molecule has 1 unspecified atom stereocenters. The molecule has 0 spiro atoms. The number of hydrogen-bond acceptors (Lipinski definition) is 1. The van der Waals surface area contributed by atoms with E-state index in [2.05, 4.69) is 12.1 Å². The van der Waals surface area contributed by atoms with Crippen molar-refractivity contribution < 1.29 is 8.78 Å². The van der Waals surface area contributed by atoms with Crippen molar-refractivity contribution in [2.24, 2.45) is 5.73 Å². The summed E-state index contributed by atoms with van der Waals surface area (Å²) in [5.74, 6) is -1.66. The van der Waals surface area contributed by atoms with Crippen molar-refractivity contribution in [3.05, 3.63) is 71.3 Å². The Morgan fingerprint density at radius 2 is 1.65 bits per heavy atom. The summed E-state index contributed by atoms with van der Waals surface area (Å²) >= 11 is 0. The van der Waals surface area contributed by atoms with E-state index in [-0.39, 0.29) is 11.5 Å². The first-order valence-corrected chi connectivity index (χ1v) is 6.89. The average molecular weight is 273 g/mol. The van der Waals surface area contributed by atoms with Gasteiger partial charge in [-0.15, -0.1) is 0 Å². The van der Waals surface area contributed by atoms with Gasteiger partial charge in [0.15, 0.2) is 11.6 Å². The third-order valence-electron chi connectivity index (χ3n) is 4.49. The fraction of sp³-hybridized carbons (Fsp3) is 0.294. The molecule has 1 nitrogen and oxygen atoms in total. The summed E-state index contributed by atoms with van der Waals surface area (Å²) in [6.07, 6.45) is 3.08. The van der Waals surface area contributed by atoms with Crippen LogP contribution in [0.4, 0.5) is 8.78 Å². The average Bonchev–Trinajstić information content (AvgIpc) is 2.42. The molecule has 1 atom stereocenters. The zero-order valence-electron chi connectivity index (χ0n) is 11.2. The van der Waals surface area contributed by atoms with Gasteiger partial charge in [-0.05, 0) is 36.1 Å². The van der Waals surface area contributed by atoms with Crippen molar-refractivity contribution in [3.63, 3.8) is 0 Å². The highest BCUT2D eigenvalue weighted by Gasteiger charge is 2.44. The predicted molar refractivity (Wildman–Crippen MR) is 75.3 cm³/mol. The van der Waals surface area contributed by atoms with E-state index in [1.54, 1.807) is 6.07 Å². The predicted octanol–water partition coefficient (Wildman–Crippen LogP) is 4.09. The largest absolute Gasteiger partial charge is 0.323 e. The van der Waals surface area contributed by atoms with Crippen molar-refractivity contribution in [1.82, 2.24) is 0 Å². The van der Waals surface area contributed by atoms with Crippen LogP contribution in [0.1, 0.15) is 36.4 Å². The molecule has 1 aliphatic rings. The summed E-state index contributed by atoms with van der Waals surface area (Å²) in [5, 5.41) is 0. The van der Waals surface area contributed by atoms with Crippen molar-refractivity contribution in [2.75, 3.05) is 0 Å². The molecule has 0 amide bonds. The van der Waals surface area contributed by atoms with E-state index >= 15 is 0 Å². The Morgan fingerprint density at radius 3 is 2.20 bits per heavy atom. The highest BCUT2D eigenvalue weighted by molar-refractivity contribution is 5.35. The lowest BCUT2D eigenvalue weighted by molar-refractivity contribution is 0.196. The summed E-state index contributed by atoms with van der Waals surface area (Å²) in [4.78, 5) is 0. The van der Waals surface area contributed by atoms with Crippen molar-refractivity contribution in [2.45, 2.75) is 30.7 Å². The molecule has 1 fully saturated rings. The smallest absolute Gasteiger partial charge is 0.159 e. The van der Waals surface area contributed by atoms with Crippen LogP contribution in [0.25, 0.3) is 0 Å². The van der Waals surface area contributed by atoms with E-state index in [0.717, 1.165) is 25.3 Å². The zero-order valence-corrected chi connectivity index (χ0v) is 11.2. The lowest BCUT2D eigenvalue weighted by Gasteiger charge is -2.47. The molecule has 0 aliphatic heterocycles. The third kappa shape index (κ3) is 2.02. The Morgan fingerprint density at radius 1 is 0.950 bits per heavy atom. The number of benzene rings is 2. The molecule has 0 aromatic heterocycles. The number of rotatable bonds is 3. The van der Waals surface area contributed by atoms with Gasteiger partial charge in [0.2, 0.25) is 0 Å². The fourth-order valence-corrected chi connectivity index (χ4v) is 3.13. The van der Waals surface area contributed by atoms with Gasteiger partial charge in [0, 0.05) is 11.5 Å². The van der Waals surface area contributed by atoms with Gasteiger partial charge in [-0.2, -0.15) is 0 Å². The molecular weight excluding hydrogens is 256 g/mol. The van der Waals surface area contributed by atoms with Crippen LogP contribution < -0.4 is 5.73 Å². The number of nitrogens with two attached hydrogens (primary N) is 1. The summed E-state index contributed by atoms with van der Waals surface area (Å²) < 4.78 is 26.5. The fourth-order valence-electron chi connectivity index (χ4n) is 3.13. The molecule has 3 heteroatoms. The molecule has 1 aliphatic carbocycles. The summed E-state index contributed by atoms with van der Waals surface area (Å²) in [6.45, 7) is 0. The van der Waals surface area contributed by atoms with Crippen LogP contribution >= 0.6 is 0 Å². The quantitative estimate of drug-likeness (QED) is 0.895. The summed E-state index contributed by atoms with van der Waals surface area (Å²) in [6, 6.07) is 13.8. The van der Waals surface area contributed by atoms with Crippen LogP contribution in [-0.2, 0) is 5.41 Å². The molecule has 2 aromatic carbocycles. The van der Waals surface area contributed by atoms with E-state index in [9.17, 15) is 8.78 Å². The van der Waals surface area contributed by atoms with Crippen LogP contribution in [0.15, 0.2) is 48.5 Å². The van der Waals surface area contributed by atoms with Crippen molar-refractivity contribution in [3.8, 4) is 0 Å². The van der Waals surface area contributed by atoms with Crippen LogP contribution in [0, 0.1) is 11.6 Å². The molecule has 0 heterocycles. The van der Waals surface area contributed by atoms with E-state index in [1.165, 1.54) is 11.6 Å². The van der Waals surface area contributed by atoms with Crippen molar-refractivity contribution >= 4 is 0 Å². The van der Waals surface area contributed by atoms with Gasteiger partial charge < -0.3 is 5.73 Å². The van der Waals surface area contributed by atoms with E-state index in [1.807, 2.05) is 18.2 Å². The maximum Gasteiger partial charge on any atom is 0.159 e. The highest BCUT2D eigenvalue weighted by atomic mass is 19.2. The van der Waals surface area contributed by atoms with Gasteiger partial charge in [-0.25, -0.2) is 8.78 Å². The van der Waals surface area contributed by atoms with Crippen LogP contribution in [0.3, 0.4) is 0 Å². The first-order chi connectivity index (χ1) is 9.63. The first-order valence-electron chi connectivity index (χ1n) is 6.89. The molecular formula is C17H17F2N. The first kappa shape index (κ1) is 13.3. The van der Waals surface area contributed by atoms with Gasteiger partial charge in [-0.3, -0.25) is 0 Å². The van der Waals surface area contributed by atoms with Crippen molar-refractivity contribution in [1.29, 1.82) is 0 Å². The second-order valence-corrected chi connectivity index (χ2v) is 5.53. The lowest BCUT2D eigenvalue weighted by atomic mass is 9.59. The Kier molecular flexibility index (Phi) is 3.30. The SMILES string of the molecule is NC(c1ccc(F)c(F)c1)C1(c2ccccc2)CCC1. The maximum atomic E-state index is 13.4. The van der Waals surface area contributed by atoms with Gasteiger partial charge in [-0.1, -0.05) is 42.8 Å². The second kappa shape index (κ2) is 4.98. The normalized spacial score (nSPS) is 18.4. The highest BCUT2D eigenvalue weighted by Crippen LogP contribution is 2.51. The summed E-state index contributed by atoms with van der Waals surface area (Å²) in [7, 11) is 0. The Balaban J connectivity index is 1.99. The third-order valence-corrected chi connectivity index (χ3v) is 4.49. The lowest BCUT2D eigenvalue weighted by Crippen LogP contribution is -2.44. The minimum absolute atomic E-state index is 0.147. The molecule has 1 saturated carbocycles. The second-order valence-electron chi connectivity index (χ2n) is 5.53. The molecule has 2 N–H and O–H groups in total. The summed E-state index contributed by atoms with van der Waals surface area (Å²) in [5.41, 5.74) is 8.09. The van der Waals surface area contributed by atoms with Crippen LogP contribution in [-0.4, -0.2) is 0 Å². The minimum Gasteiger partial charge on any atom is -0.323 e.